The van der Waals surface area contributed by atoms with Gasteiger partial charge in [-0.05, 0) is 32.4 Å². The van der Waals surface area contributed by atoms with Crippen molar-refractivity contribution < 1.29 is 9.53 Å². The molecule has 0 amide bonds. The number of hydrogen-bond acceptors (Lipinski definition) is 6. The molecule has 0 aliphatic rings. The number of aromatic nitrogens is 4. The van der Waals surface area contributed by atoms with Crippen molar-refractivity contribution in [3.8, 4) is 0 Å². The van der Waals surface area contributed by atoms with Gasteiger partial charge in [0.25, 0.3) is 0 Å². The van der Waals surface area contributed by atoms with Gasteiger partial charge in [0.15, 0.2) is 5.78 Å². The van der Waals surface area contributed by atoms with E-state index in [0.717, 1.165) is 5.56 Å². The van der Waals surface area contributed by atoms with Crippen molar-refractivity contribution in [3.63, 3.8) is 0 Å². The number of nitrogens with zero attached hydrogens (tertiary/aromatic N) is 4. The van der Waals surface area contributed by atoms with E-state index in [4.69, 9.17) is 10.5 Å². The maximum atomic E-state index is 12.9. The molecule has 0 fully saturated rings. The number of anilines is 1. The van der Waals surface area contributed by atoms with Gasteiger partial charge in [-0.2, -0.15) is 0 Å². The van der Waals surface area contributed by atoms with E-state index < -0.39 is 0 Å². The first-order valence-corrected chi connectivity index (χ1v) is 8.39. The van der Waals surface area contributed by atoms with Gasteiger partial charge < -0.3 is 15.0 Å². The molecule has 0 radical (unpaired) electrons. The Hall–Kier alpha value is -2.80. The molecule has 136 valence electrons. The highest BCUT2D eigenvalue weighted by molar-refractivity contribution is 6.11. The van der Waals surface area contributed by atoms with Crippen molar-refractivity contribution in [2.24, 2.45) is 0 Å². The second-order valence-electron chi connectivity index (χ2n) is 7.23. The Labute approximate surface area is 152 Å². The van der Waals surface area contributed by atoms with Gasteiger partial charge in [-0.1, -0.05) is 6.07 Å². The molecule has 26 heavy (non-hydrogen) atoms. The number of carbonyl (C=O) groups excluding carboxylic acids is 1. The summed E-state index contributed by atoms with van der Waals surface area (Å²) in [7, 11) is 1.63. The van der Waals surface area contributed by atoms with Crippen LogP contribution in [0.4, 0.5) is 5.82 Å². The summed E-state index contributed by atoms with van der Waals surface area (Å²) in [4.78, 5) is 25.7. The number of pyridine rings is 1. The first-order valence-electron chi connectivity index (χ1n) is 8.39. The van der Waals surface area contributed by atoms with Gasteiger partial charge in [0.05, 0.1) is 18.4 Å². The summed E-state index contributed by atoms with van der Waals surface area (Å²) < 4.78 is 7.04. The molecule has 0 unspecified atom stereocenters. The van der Waals surface area contributed by atoms with Gasteiger partial charge in [-0.25, -0.2) is 9.97 Å². The first kappa shape index (κ1) is 18.0. The predicted molar refractivity (Wildman–Crippen MR) is 99.9 cm³/mol. The minimum atomic E-state index is -0.238. The summed E-state index contributed by atoms with van der Waals surface area (Å²) in [6.45, 7) is 6.65. The van der Waals surface area contributed by atoms with Crippen molar-refractivity contribution in [1.29, 1.82) is 0 Å². The molecule has 0 aliphatic carbocycles. The molecule has 0 bridgehead atoms. The molecule has 0 saturated heterocycles. The smallest absolute Gasteiger partial charge is 0.171 e. The van der Waals surface area contributed by atoms with Crippen LogP contribution in [-0.4, -0.2) is 32.4 Å². The lowest BCUT2D eigenvalue weighted by molar-refractivity contribution is 0.0993. The van der Waals surface area contributed by atoms with Crippen molar-refractivity contribution in [3.05, 3.63) is 47.7 Å². The fourth-order valence-electron chi connectivity index (χ4n) is 2.88. The molecular formula is C19H23N5O2. The van der Waals surface area contributed by atoms with Gasteiger partial charge in [-0.15, -0.1) is 0 Å². The number of rotatable bonds is 5. The molecule has 3 rings (SSSR count). The van der Waals surface area contributed by atoms with Crippen LogP contribution in [-0.2, 0) is 23.3 Å². The third-order valence-corrected chi connectivity index (χ3v) is 4.17. The lowest BCUT2D eigenvalue weighted by Crippen LogP contribution is -2.21. The zero-order chi connectivity index (χ0) is 18.9. The molecule has 7 heteroatoms. The fourth-order valence-corrected chi connectivity index (χ4v) is 2.88. The number of hydrogen-bond donors (Lipinski definition) is 1. The Bertz CT molecular complexity index is 939. The summed E-state index contributed by atoms with van der Waals surface area (Å²) in [6, 6.07) is 3.75. The molecule has 0 atom stereocenters. The summed E-state index contributed by atoms with van der Waals surface area (Å²) in [5.41, 5.74) is 8.66. The van der Waals surface area contributed by atoms with Crippen LogP contribution in [0.5, 0.6) is 0 Å². The van der Waals surface area contributed by atoms with Crippen LogP contribution in [0, 0.1) is 0 Å². The fraction of sp³-hybridized carbons (Fsp3) is 0.368. The van der Waals surface area contributed by atoms with E-state index in [1.165, 1.54) is 6.33 Å². The molecule has 3 heterocycles. The standard InChI is InChI=1S/C19H23N5O2/c1-19(2,3)24-9-14(16-17(20)22-11-23-18(16)24)15(25)7-13-6-5-12(8-21-13)10-26-4/h5-6,8-9,11H,7,10H2,1-4H3,(H2,20,22,23). The Morgan fingerprint density at radius 2 is 2.00 bits per heavy atom. The quantitative estimate of drug-likeness (QED) is 0.709. The molecule has 3 aromatic rings. The maximum Gasteiger partial charge on any atom is 0.171 e. The van der Waals surface area contributed by atoms with Crippen LogP contribution in [0.2, 0.25) is 0 Å². The minimum absolute atomic E-state index is 0.0634. The highest BCUT2D eigenvalue weighted by atomic mass is 16.5. The van der Waals surface area contributed by atoms with Crippen LogP contribution in [0.1, 0.15) is 42.4 Å². The summed E-state index contributed by atoms with van der Waals surface area (Å²) >= 11 is 0. The number of nitrogens with two attached hydrogens (primary N) is 1. The van der Waals surface area contributed by atoms with Gasteiger partial charge in [0.1, 0.15) is 17.8 Å². The molecule has 7 nitrogen and oxygen atoms in total. The van der Waals surface area contributed by atoms with Gasteiger partial charge in [0, 0.05) is 36.3 Å². The number of Topliss-reactive ketones (excluding diaryl/α,β-unsaturated/α-hetero) is 1. The molecule has 0 aliphatic heterocycles. The molecule has 0 aromatic carbocycles. The van der Waals surface area contributed by atoms with E-state index in [9.17, 15) is 4.79 Å². The van der Waals surface area contributed by atoms with E-state index in [2.05, 4.69) is 35.7 Å². The summed E-state index contributed by atoms with van der Waals surface area (Å²) in [5.74, 6) is 0.247. The second-order valence-corrected chi connectivity index (χ2v) is 7.23. The van der Waals surface area contributed by atoms with Gasteiger partial charge in [0.2, 0.25) is 0 Å². The Balaban J connectivity index is 1.98. The van der Waals surface area contributed by atoms with E-state index in [1.807, 2.05) is 22.9 Å². The van der Waals surface area contributed by atoms with Crippen molar-refractivity contribution >= 4 is 22.6 Å². The number of nitrogen functional groups attached to an aromatic ring is 1. The van der Waals surface area contributed by atoms with Gasteiger partial charge >= 0.3 is 0 Å². The zero-order valence-electron chi connectivity index (χ0n) is 15.5. The normalized spacial score (nSPS) is 11.8. The number of carbonyl (C=O) groups is 1. The SMILES string of the molecule is COCc1ccc(CC(=O)c2cn(C(C)(C)C)c3ncnc(N)c23)nc1. The lowest BCUT2D eigenvalue weighted by atomic mass is 10.1. The van der Waals surface area contributed by atoms with Crippen LogP contribution in [0.3, 0.4) is 0 Å². The topological polar surface area (TPSA) is 95.9 Å². The lowest BCUT2D eigenvalue weighted by Gasteiger charge is -2.21. The van der Waals surface area contributed by atoms with Crippen molar-refractivity contribution in [2.45, 2.75) is 39.3 Å². The third-order valence-electron chi connectivity index (χ3n) is 4.17. The van der Waals surface area contributed by atoms with E-state index in [-0.39, 0.29) is 17.7 Å². The number of ketones is 1. The molecular weight excluding hydrogens is 330 g/mol. The van der Waals surface area contributed by atoms with Crippen LogP contribution >= 0.6 is 0 Å². The molecule has 2 N–H and O–H groups in total. The van der Waals surface area contributed by atoms with Crippen LogP contribution in [0.15, 0.2) is 30.9 Å². The zero-order valence-corrected chi connectivity index (χ0v) is 15.5. The van der Waals surface area contributed by atoms with Crippen molar-refractivity contribution in [2.75, 3.05) is 12.8 Å². The molecule has 0 saturated carbocycles. The van der Waals surface area contributed by atoms with Crippen LogP contribution < -0.4 is 5.73 Å². The average molecular weight is 353 g/mol. The number of ether oxygens (including phenoxy) is 1. The Morgan fingerprint density at radius 3 is 2.62 bits per heavy atom. The molecule has 0 spiro atoms. The average Bonchev–Trinajstić information content (AvgIpc) is 2.98. The van der Waals surface area contributed by atoms with Crippen LogP contribution in [0.25, 0.3) is 11.0 Å². The van der Waals surface area contributed by atoms with Crippen molar-refractivity contribution in [1.82, 2.24) is 19.5 Å². The molecule has 3 aromatic heterocycles. The number of methoxy groups -OCH3 is 1. The summed E-state index contributed by atoms with van der Waals surface area (Å²) in [5, 5.41) is 0.600. The largest absolute Gasteiger partial charge is 0.383 e. The van der Waals surface area contributed by atoms with E-state index in [0.29, 0.717) is 34.7 Å². The van der Waals surface area contributed by atoms with E-state index >= 15 is 0 Å². The first-order chi connectivity index (χ1) is 12.3. The minimum Gasteiger partial charge on any atom is -0.383 e. The maximum absolute atomic E-state index is 12.9. The predicted octanol–water partition coefficient (Wildman–Crippen LogP) is 2.74. The Kier molecular flexibility index (Phi) is 4.73. The monoisotopic (exact) mass is 353 g/mol. The second kappa shape index (κ2) is 6.84. The number of fused-ring (bicyclic) bond motifs is 1. The highest BCUT2D eigenvalue weighted by Gasteiger charge is 2.24. The third kappa shape index (κ3) is 3.43. The Morgan fingerprint density at radius 1 is 1.23 bits per heavy atom. The van der Waals surface area contributed by atoms with E-state index in [1.54, 1.807) is 13.3 Å². The highest BCUT2D eigenvalue weighted by Crippen LogP contribution is 2.29. The summed E-state index contributed by atoms with van der Waals surface area (Å²) in [6.07, 6.45) is 5.15. The van der Waals surface area contributed by atoms with Gasteiger partial charge in [-0.3, -0.25) is 9.78 Å².